The van der Waals surface area contributed by atoms with Crippen LogP contribution < -0.4 is 10.2 Å². The van der Waals surface area contributed by atoms with Crippen molar-refractivity contribution in [2.75, 3.05) is 24.6 Å². The Morgan fingerprint density at radius 1 is 1.38 bits per heavy atom. The van der Waals surface area contributed by atoms with Crippen LogP contribution in [0.5, 0.6) is 0 Å². The van der Waals surface area contributed by atoms with Gasteiger partial charge in [0.2, 0.25) is 0 Å². The van der Waals surface area contributed by atoms with Gasteiger partial charge in [0.15, 0.2) is 10.8 Å². The fraction of sp³-hybridized carbons (Fsp3) is 0.667. The van der Waals surface area contributed by atoms with Crippen molar-refractivity contribution in [1.82, 2.24) is 14.7 Å². The van der Waals surface area contributed by atoms with Gasteiger partial charge in [0.1, 0.15) is 0 Å². The molecule has 0 aliphatic rings. The van der Waals surface area contributed by atoms with Gasteiger partial charge in [-0.3, -0.25) is 4.40 Å². The van der Waals surface area contributed by atoms with Crippen LogP contribution in [0.25, 0.3) is 4.96 Å². The first-order chi connectivity index (χ1) is 9.96. The van der Waals surface area contributed by atoms with E-state index in [9.17, 15) is 5.11 Å². The van der Waals surface area contributed by atoms with E-state index >= 15 is 0 Å². The maximum atomic E-state index is 9.31. The van der Waals surface area contributed by atoms with Crippen LogP contribution in [0.4, 0.5) is 5.82 Å². The van der Waals surface area contributed by atoms with Gasteiger partial charge in [-0.25, -0.2) is 4.98 Å². The van der Waals surface area contributed by atoms with E-state index in [1.807, 2.05) is 0 Å². The topological polar surface area (TPSA) is 52.8 Å². The van der Waals surface area contributed by atoms with Crippen LogP contribution in [-0.2, 0) is 6.54 Å². The van der Waals surface area contributed by atoms with Crippen LogP contribution in [0.1, 0.15) is 39.8 Å². The summed E-state index contributed by atoms with van der Waals surface area (Å²) in [5.74, 6) is 0.995. The molecule has 0 amide bonds. The summed E-state index contributed by atoms with van der Waals surface area (Å²) in [6, 6.07) is 0. The highest BCUT2D eigenvalue weighted by atomic mass is 32.1. The molecule has 2 aromatic rings. The second-order valence-electron chi connectivity index (χ2n) is 6.25. The zero-order valence-electron chi connectivity index (χ0n) is 13.4. The Morgan fingerprint density at radius 2 is 2.14 bits per heavy atom. The summed E-state index contributed by atoms with van der Waals surface area (Å²) in [6.45, 7) is 11.1. The monoisotopic (exact) mass is 310 g/mol. The molecule has 0 aromatic carbocycles. The molecule has 2 heterocycles. The highest BCUT2D eigenvalue weighted by Crippen LogP contribution is 2.25. The molecule has 0 fully saturated rings. The van der Waals surface area contributed by atoms with Crippen molar-refractivity contribution >= 4 is 22.1 Å². The van der Waals surface area contributed by atoms with Gasteiger partial charge in [0, 0.05) is 36.8 Å². The van der Waals surface area contributed by atoms with E-state index in [2.05, 4.69) is 53.9 Å². The lowest BCUT2D eigenvalue weighted by Crippen LogP contribution is -2.36. The summed E-state index contributed by atoms with van der Waals surface area (Å²) >= 11 is 1.64. The molecule has 2 N–H and O–H groups in total. The Kier molecular flexibility index (Phi) is 5.24. The molecule has 0 unspecified atom stereocenters. The summed E-state index contributed by atoms with van der Waals surface area (Å²) in [5.41, 5.74) is 1.23. The van der Waals surface area contributed by atoms with E-state index in [0.717, 1.165) is 30.3 Å². The summed E-state index contributed by atoms with van der Waals surface area (Å²) in [7, 11) is 0. The molecule has 0 bridgehead atoms. The van der Waals surface area contributed by atoms with Crippen molar-refractivity contribution in [3.8, 4) is 0 Å². The number of fused-ring (bicyclic) bond motifs is 1. The van der Waals surface area contributed by atoms with Crippen LogP contribution in [0.3, 0.4) is 0 Å². The number of imidazole rings is 1. The smallest absolute Gasteiger partial charge is 0.195 e. The first kappa shape index (κ1) is 16.3. The molecular formula is C15H26N4OS. The lowest BCUT2D eigenvalue weighted by molar-refractivity contribution is 0.301. The number of hydrogen-bond donors (Lipinski definition) is 2. The minimum Gasteiger partial charge on any atom is -0.395 e. The normalized spacial score (nSPS) is 12.2. The second kappa shape index (κ2) is 6.77. The molecule has 0 aliphatic carbocycles. The number of thiazole rings is 1. The summed E-state index contributed by atoms with van der Waals surface area (Å²) in [5, 5.41) is 14.9. The molecule has 2 aromatic heterocycles. The Morgan fingerprint density at radius 3 is 2.76 bits per heavy atom. The van der Waals surface area contributed by atoms with Crippen LogP contribution in [0, 0.1) is 0 Å². The third kappa shape index (κ3) is 3.96. The third-order valence-corrected chi connectivity index (χ3v) is 4.05. The minimum atomic E-state index is 0.0595. The van der Waals surface area contributed by atoms with Crippen molar-refractivity contribution < 1.29 is 5.11 Å². The van der Waals surface area contributed by atoms with Gasteiger partial charge in [-0.05, 0) is 27.2 Å². The number of aromatic nitrogens is 2. The fourth-order valence-electron chi connectivity index (χ4n) is 2.30. The maximum absolute atomic E-state index is 9.31. The van der Waals surface area contributed by atoms with E-state index in [1.165, 1.54) is 5.69 Å². The SMILES string of the molecule is CCCN(CCO)c1nc2sccn2c1CNC(C)(C)C. The molecule has 21 heavy (non-hydrogen) atoms. The number of anilines is 1. The van der Waals surface area contributed by atoms with Crippen LogP contribution in [0.2, 0.25) is 0 Å². The van der Waals surface area contributed by atoms with Gasteiger partial charge < -0.3 is 15.3 Å². The van der Waals surface area contributed by atoms with Crippen LogP contribution in [0.15, 0.2) is 11.6 Å². The first-order valence-corrected chi connectivity index (χ1v) is 8.39. The molecule has 0 spiro atoms. The van der Waals surface area contributed by atoms with E-state index in [-0.39, 0.29) is 12.1 Å². The predicted octanol–water partition coefficient (Wildman–Crippen LogP) is 2.49. The van der Waals surface area contributed by atoms with Gasteiger partial charge in [-0.15, -0.1) is 11.3 Å². The Labute approximate surface area is 130 Å². The summed E-state index contributed by atoms with van der Waals surface area (Å²) in [6.07, 6.45) is 3.11. The Hall–Kier alpha value is -1.11. The highest BCUT2D eigenvalue weighted by molar-refractivity contribution is 7.15. The molecule has 0 aliphatic heterocycles. The summed E-state index contributed by atoms with van der Waals surface area (Å²) < 4.78 is 2.15. The standard InChI is InChI=1S/C15H26N4OS/c1-5-6-18(7-9-20)13-12(11-16-15(2,3)4)19-8-10-21-14(19)17-13/h8,10,16,20H,5-7,9,11H2,1-4H3. The number of nitrogens with zero attached hydrogens (tertiary/aromatic N) is 3. The van der Waals surface area contributed by atoms with Crippen molar-refractivity contribution in [1.29, 1.82) is 0 Å². The Balaban J connectivity index is 2.34. The zero-order chi connectivity index (χ0) is 15.5. The number of nitrogens with one attached hydrogen (secondary N) is 1. The highest BCUT2D eigenvalue weighted by Gasteiger charge is 2.20. The van der Waals surface area contributed by atoms with Gasteiger partial charge >= 0.3 is 0 Å². The number of rotatable bonds is 7. The van der Waals surface area contributed by atoms with Crippen molar-refractivity contribution in [2.24, 2.45) is 0 Å². The van der Waals surface area contributed by atoms with Crippen molar-refractivity contribution in [3.63, 3.8) is 0 Å². The van der Waals surface area contributed by atoms with Crippen molar-refractivity contribution in [2.45, 2.75) is 46.2 Å². The molecule has 5 nitrogen and oxygen atoms in total. The molecular weight excluding hydrogens is 284 g/mol. The first-order valence-electron chi connectivity index (χ1n) is 7.51. The van der Waals surface area contributed by atoms with E-state index in [0.29, 0.717) is 6.54 Å². The fourth-order valence-corrected chi connectivity index (χ4v) is 3.03. The van der Waals surface area contributed by atoms with E-state index < -0.39 is 0 Å². The van der Waals surface area contributed by atoms with E-state index in [4.69, 9.17) is 4.98 Å². The number of aliphatic hydroxyl groups is 1. The van der Waals surface area contributed by atoms with E-state index in [1.54, 1.807) is 11.3 Å². The Bertz CT molecular complexity index is 564. The van der Waals surface area contributed by atoms with Crippen LogP contribution >= 0.6 is 11.3 Å². The van der Waals surface area contributed by atoms with Gasteiger partial charge in [-0.1, -0.05) is 6.92 Å². The molecule has 0 saturated heterocycles. The van der Waals surface area contributed by atoms with Crippen LogP contribution in [-0.4, -0.2) is 39.7 Å². The largest absolute Gasteiger partial charge is 0.395 e. The maximum Gasteiger partial charge on any atom is 0.195 e. The lowest BCUT2D eigenvalue weighted by atomic mass is 10.1. The molecule has 118 valence electrons. The predicted molar refractivity (Wildman–Crippen MR) is 89.3 cm³/mol. The summed E-state index contributed by atoms with van der Waals surface area (Å²) in [4.78, 5) is 7.96. The minimum absolute atomic E-state index is 0.0595. The molecule has 0 radical (unpaired) electrons. The molecule has 0 saturated carbocycles. The molecule has 0 atom stereocenters. The number of hydrogen-bond acceptors (Lipinski definition) is 5. The molecule has 2 rings (SSSR count). The third-order valence-electron chi connectivity index (χ3n) is 3.29. The van der Waals surface area contributed by atoms with Gasteiger partial charge in [0.25, 0.3) is 0 Å². The quantitative estimate of drug-likeness (QED) is 0.825. The zero-order valence-corrected chi connectivity index (χ0v) is 14.2. The van der Waals surface area contributed by atoms with Gasteiger partial charge in [0.05, 0.1) is 12.3 Å². The molecule has 6 heteroatoms. The average Bonchev–Trinajstić information content (AvgIpc) is 2.95. The lowest BCUT2D eigenvalue weighted by Gasteiger charge is -2.24. The van der Waals surface area contributed by atoms with Crippen molar-refractivity contribution in [3.05, 3.63) is 17.3 Å². The van der Waals surface area contributed by atoms with Gasteiger partial charge in [-0.2, -0.15) is 0 Å². The second-order valence-corrected chi connectivity index (χ2v) is 7.12. The number of aliphatic hydroxyl groups excluding tert-OH is 1. The average molecular weight is 310 g/mol.